The number of benzene rings is 2. The van der Waals surface area contributed by atoms with Crippen molar-refractivity contribution in [1.29, 1.82) is 0 Å². The molecule has 0 bridgehead atoms. The van der Waals surface area contributed by atoms with Crippen molar-refractivity contribution in [3.63, 3.8) is 0 Å². The molecule has 3 aromatic rings. The van der Waals surface area contributed by atoms with Crippen LogP contribution in [0.25, 0.3) is 5.69 Å². The summed E-state index contributed by atoms with van der Waals surface area (Å²) in [5.74, 6) is -0.935. The number of nitrogens with zero attached hydrogens (tertiary/aromatic N) is 2. The van der Waals surface area contributed by atoms with E-state index in [-0.39, 0.29) is 10.7 Å². The first-order valence-corrected chi connectivity index (χ1v) is 8.09. The molecular formula is C18H14ClF2N3O2. The molecule has 0 saturated heterocycles. The summed E-state index contributed by atoms with van der Waals surface area (Å²) in [6.07, 6.45) is 1.30. The lowest BCUT2D eigenvalue weighted by Gasteiger charge is -2.11. The lowest BCUT2D eigenvalue weighted by Crippen LogP contribution is -2.24. The molecule has 26 heavy (non-hydrogen) atoms. The summed E-state index contributed by atoms with van der Waals surface area (Å²) in [5.41, 5.74) is -0.601. The van der Waals surface area contributed by atoms with Crippen LogP contribution in [0.5, 0.6) is 5.75 Å². The molecule has 0 spiro atoms. The molecule has 134 valence electrons. The first-order chi connectivity index (χ1) is 12.6. The summed E-state index contributed by atoms with van der Waals surface area (Å²) in [7, 11) is 0. The van der Waals surface area contributed by atoms with Gasteiger partial charge in [0.2, 0.25) is 0 Å². The molecule has 0 unspecified atom stereocenters. The molecule has 1 aromatic heterocycles. The topological polar surface area (TPSA) is 56.1 Å². The third-order valence-electron chi connectivity index (χ3n) is 3.49. The second kappa shape index (κ2) is 7.97. The van der Waals surface area contributed by atoms with Gasteiger partial charge in [-0.15, -0.1) is 0 Å². The van der Waals surface area contributed by atoms with Crippen molar-refractivity contribution in [2.45, 2.75) is 0 Å². The maximum atomic E-state index is 13.8. The first kappa shape index (κ1) is 17.9. The molecule has 5 nitrogen and oxygen atoms in total. The quantitative estimate of drug-likeness (QED) is 0.666. The van der Waals surface area contributed by atoms with E-state index in [4.69, 9.17) is 16.3 Å². The number of rotatable bonds is 6. The van der Waals surface area contributed by atoms with E-state index in [0.717, 1.165) is 22.6 Å². The number of ether oxygens (including phenoxy) is 1. The minimum absolute atomic E-state index is 0.150. The summed E-state index contributed by atoms with van der Waals surface area (Å²) >= 11 is 6.05. The van der Waals surface area contributed by atoms with Gasteiger partial charge in [-0.1, -0.05) is 29.8 Å². The fourth-order valence-corrected chi connectivity index (χ4v) is 2.45. The number of para-hydroxylation sites is 1. The van der Waals surface area contributed by atoms with Crippen molar-refractivity contribution in [2.75, 3.05) is 18.5 Å². The molecule has 0 saturated carbocycles. The van der Waals surface area contributed by atoms with Gasteiger partial charge in [0.25, 0.3) is 5.56 Å². The second-order valence-electron chi connectivity index (χ2n) is 5.27. The molecule has 0 aliphatic heterocycles. The van der Waals surface area contributed by atoms with Crippen LogP contribution in [-0.2, 0) is 0 Å². The summed E-state index contributed by atoms with van der Waals surface area (Å²) < 4.78 is 33.2. The summed E-state index contributed by atoms with van der Waals surface area (Å²) in [6.45, 7) is 0.723. The van der Waals surface area contributed by atoms with Gasteiger partial charge >= 0.3 is 0 Å². The first-order valence-electron chi connectivity index (χ1n) is 7.71. The number of anilines is 1. The minimum Gasteiger partial charge on any atom is -0.492 e. The van der Waals surface area contributed by atoms with Crippen LogP contribution in [0.15, 0.2) is 59.5 Å². The van der Waals surface area contributed by atoms with Gasteiger partial charge in [-0.2, -0.15) is 9.78 Å². The van der Waals surface area contributed by atoms with E-state index >= 15 is 0 Å². The van der Waals surface area contributed by atoms with Crippen LogP contribution in [0.4, 0.5) is 14.5 Å². The second-order valence-corrected chi connectivity index (χ2v) is 5.65. The predicted octanol–water partition coefficient (Wildman–Crippen LogP) is 3.66. The highest BCUT2D eigenvalue weighted by molar-refractivity contribution is 6.32. The van der Waals surface area contributed by atoms with Crippen molar-refractivity contribution >= 4 is 17.3 Å². The van der Waals surface area contributed by atoms with Gasteiger partial charge < -0.3 is 10.1 Å². The summed E-state index contributed by atoms with van der Waals surface area (Å²) in [5, 5.41) is 6.68. The van der Waals surface area contributed by atoms with E-state index in [1.807, 2.05) is 30.3 Å². The Hall–Kier alpha value is -2.93. The van der Waals surface area contributed by atoms with Crippen LogP contribution < -0.4 is 15.6 Å². The normalized spacial score (nSPS) is 10.6. The molecule has 0 atom stereocenters. The van der Waals surface area contributed by atoms with Crippen LogP contribution in [0, 0.1) is 11.6 Å². The molecule has 2 aromatic carbocycles. The number of halogens is 3. The van der Waals surface area contributed by atoms with E-state index in [2.05, 4.69) is 10.4 Å². The average molecular weight is 378 g/mol. The Balaban J connectivity index is 1.70. The smallest absolute Gasteiger partial charge is 0.292 e. The maximum Gasteiger partial charge on any atom is 0.292 e. The Labute approximate surface area is 152 Å². The van der Waals surface area contributed by atoms with Gasteiger partial charge in [0, 0.05) is 12.6 Å². The zero-order valence-corrected chi connectivity index (χ0v) is 14.2. The van der Waals surface area contributed by atoms with E-state index in [1.165, 1.54) is 6.20 Å². The lowest BCUT2D eigenvalue weighted by atomic mass is 10.3. The zero-order valence-electron chi connectivity index (χ0n) is 13.5. The van der Waals surface area contributed by atoms with Crippen molar-refractivity contribution in [3.8, 4) is 11.4 Å². The number of hydrogen-bond donors (Lipinski definition) is 1. The Morgan fingerprint density at radius 3 is 2.65 bits per heavy atom. The molecule has 1 heterocycles. The molecule has 0 fully saturated rings. The molecule has 0 aliphatic carbocycles. The van der Waals surface area contributed by atoms with Crippen LogP contribution >= 0.6 is 11.6 Å². The molecule has 1 N–H and O–H groups in total. The average Bonchev–Trinajstić information content (AvgIpc) is 2.64. The van der Waals surface area contributed by atoms with E-state index in [9.17, 15) is 13.6 Å². The molecule has 0 amide bonds. The monoisotopic (exact) mass is 377 g/mol. The molecular weight excluding hydrogens is 364 g/mol. The van der Waals surface area contributed by atoms with Gasteiger partial charge in [0.05, 0.1) is 11.9 Å². The highest BCUT2D eigenvalue weighted by Crippen LogP contribution is 2.18. The third kappa shape index (κ3) is 4.00. The van der Waals surface area contributed by atoms with Gasteiger partial charge in [-0.3, -0.25) is 4.79 Å². The van der Waals surface area contributed by atoms with E-state index in [0.29, 0.717) is 24.9 Å². The maximum absolute atomic E-state index is 13.8. The predicted molar refractivity (Wildman–Crippen MR) is 95.2 cm³/mol. The lowest BCUT2D eigenvalue weighted by molar-refractivity contribution is 0.333. The van der Waals surface area contributed by atoms with Crippen molar-refractivity contribution in [3.05, 3.63) is 81.7 Å². The van der Waals surface area contributed by atoms with Crippen LogP contribution in [0.2, 0.25) is 5.02 Å². The van der Waals surface area contributed by atoms with Crippen molar-refractivity contribution < 1.29 is 13.5 Å². The van der Waals surface area contributed by atoms with E-state index < -0.39 is 17.2 Å². The summed E-state index contributed by atoms with van der Waals surface area (Å²) in [6, 6.07) is 12.1. The zero-order chi connectivity index (χ0) is 18.5. The Kier molecular flexibility index (Phi) is 5.48. The largest absolute Gasteiger partial charge is 0.492 e. The fourth-order valence-electron chi connectivity index (χ4n) is 2.25. The SMILES string of the molecule is O=c1c(Cl)c(NCCOc2ccccc2)cnn1-c1ccc(F)cc1F. The Morgan fingerprint density at radius 1 is 1.15 bits per heavy atom. The van der Waals surface area contributed by atoms with Gasteiger partial charge in [-0.25, -0.2) is 8.78 Å². The Morgan fingerprint density at radius 2 is 1.92 bits per heavy atom. The van der Waals surface area contributed by atoms with Crippen molar-refractivity contribution in [2.24, 2.45) is 0 Å². The number of nitrogens with one attached hydrogen (secondary N) is 1. The number of aromatic nitrogens is 2. The Bertz CT molecular complexity index is 964. The molecule has 0 aliphatic rings. The summed E-state index contributed by atoms with van der Waals surface area (Å²) in [4.78, 5) is 12.3. The molecule has 0 radical (unpaired) electrons. The fraction of sp³-hybridized carbons (Fsp3) is 0.111. The number of hydrogen-bond acceptors (Lipinski definition) is 4. The van der Waals surface area contributed by atoms with Crippen LogP contribution in [0.1, 0.15) is 0 Å². The standard InChI is InChI=1S/C18H14ClF2N3O2/c19-17-15(22-8-9-26-13-4-2-1-3-5-13)11-23-24(18(17)25)16-7-6-12(20)10-14(16)21/h1-7,10-11,22H,8-9H2. The van der Waals surface area contributed by atoms with E-state index in [1.54, 1.807) is 0 Å². The highest BCUT2D eigenvalue weighted by Gasteiger charge is 2.14. The minimum atomic E-state index is -0.910. The molecule has 3 rings (SSSR count). The van der Waals surface area contributed by atoms with Crippen molar-refractivity contribution in [1.82, 2.24) is 9.78 Å². The van der Waals surface area contributed by atoms with Gasteiger partial charge in [0.1, 0.15) is 28.9 Å². The van der Waals surface area contributed by atoms with Gasteiger partial charge in [-0.05, 0) is 24.3 Å². The molecule has 8 heteroatoms. The van der Waals surface area contributed by atoms with Crippen LogP contribution in [0.3, 0.4) is 0 Å². The van der Waals surface area contributed by atoms with Crippen LogP contribution in [-0.4, -0.2) is 22.9 Å². The third-order valence-corrected chi connectivity index (χ3v) is 3.85. The highest BCUT2D eigenvalue weighted by atomic mass is 35.5. The van der Waals surface area contributed by atoms with Gasteiger partial charge in [0.15, 0.2) is 5.82 Å².